The van der Waals surface area contributed by atoms with Crippen LogP contribution in [0, 0.1) is 12.7 Å². The van der Waals surface area contributed by atoms with Gasteiger partial charge in [-0.25, -0.2) is 4.39 Å². The monoisotopic (exact) mass is 388 g/mol. The van der Waals surface area contributed by atoms with Gasteiger partial charge in [-0.3, -0.25) is 9.78 Å². The Morgan fingerprint density at radius 2 is 1.79 bits per heavy atom. The normalized spacial score (nSPS) is 11.3. The second kappa shape index (κ2) is 7.80. The van der Waals surface area contributed by atoms with Crippen LogP contribution >= 0.6 is 0 Å². The highest BCUT2D eigenvalue weighted by Gasteiger charge is 2.37. The topological polar surface area (TPSA) is 33.2 Å². The maximum absolute atomic E-state index is 13.6. The highest BCUT2D eigenvalue weighted by molar-refractivity contribution is 6.07. The maximum atomic E-state index is 13.6. The van der Waals surface area contributed by atoms with E-state index in [4.69, 9.17) is 0 Å². The minimum atomic E-state index is -4.82. The number of nitrogens with zero attached hydrogens (tertiary/aromatic N) is 2. The minimum Gasteiger partial charge on any atom is -0.303 e. The average Bonchev–Trinajstić information content (AvgIpc) is 2.66. The largest absolute Gasteiger partial charge is 0.418 e. The van der Waals surface area contributed by atoms with Gasteiger partial charge in [0, 0.05) is 18.0 Å². The Labute approximate surface area is 159 Å². The molecule has 144 valence electrons. The second-order valence-corrected chi connectivity index (χ2v) is 6.23. The first-order valence-corrected chi connectivity index (χ1v) is 8.40. The van der Waals surface area contributed by atoms with Crippen molar-refractivity contribution in [2.24, 2.45) is 0 Å². The molecule has 2 aromatic carbocycles. The highest BCUT2D eigenvalue weighted by atomic mass is 19.4. The Bertz CT molecular complexity index is 987. The lowest BCUT2D eigenvalue weighted by atomic mass is 10.1. The standard InChI is InChI=1S/C21H16F4N2O/c1-14-12-26-10-9-17(14)20(28)27(13-15-5-3-2-4-6-15)19-8-7-16(22)11-18(19)21(23,24)25/h2-12H,13H2,1H3. The fourth-order valence-electron chi connectivity index (χ4n) is 2.86. The summed E-state index contributed by atoms with van der Waals surface area (Å²) in [6.07, 6.45) is -1.96. The number of anilines is 1. The molecule has 3 rings (SSSR count). The van der Waals surface area contributed by atoms with Crippen LogP contribution in [0.2, 0.25) is 0 Å². The number of alkyl halides is 3. The van der Waals surface area contributed by atoms with Gasteiger partial charge in [-0.05, 0) is 42.3 Å². The number of aromatic nitrogens is 1. The van der Waals surface area contributed by atoms with E-state index < -0.39 is 29.2 Å². The zero-order chi connectivity index (χ0) is 20.3. The van der Waals surface area contributed by atoms with Crippen molar-refractivity contribution in [3.8, 4) is 0 Å². The van der Waals surface area contributed by atoms with E-state index >= 15 is 0 Å². The molecule has 3 aromatic rings. The summed E-state index contributed by atoms with van der Waals surface area (Å²) >= 11 is 0. The van der Waals surface area contributed by atoms with Gasteiger partial charge in [0.05, 0.1) is 17.8 Å². The molecule has 0 bridgehead atoms. The summed E-state index contributed by atoms with van der Waals surface area (Å²) in [4.78, 5) is 18.1. The Morgan fingerprint density at radius 1 is 1.07 bits per heavy atom. The molecule has 1 heterocycles. The van der Waals surface area contributed by atoms with Gasteiger partial charge in [-0.2, -0.15) is 13.2 Å². The summed E-state index contributed by atoms with van der Waals surface area (Å²) < 4.78 is 54.2. The molecule has 0 aliphatic carbocycles. The quantitative estimate of drug-likeness (QED) is 0.561. The fraction of sp³-hybridized carbons (Fsp3) is 0.143. The van der Waals surface area contributed by atoms with Gasteiger partial charge in [0.1, 0.15) is 5.82 Å². The molecule has 0 unspecified atom stereocenters. The molecule has 0 saturated heterocycles. The molecule has 0 radical (unpaired) electrons. The van der Waals surface area contributed by atoms with Crippen molar-refractivity contribution >= 4 is 11.6 Å². The van der Waals surface area contributed by atoms with Gasteiger partial charge < -0.3 is 4.90 Å². The van der Waals surface area contributed by atoms with Crippen molar-refractivity contribution in [1.29, 1.82) is 0 Å². The van der Waals surface area contributed by atoms with Crippen LogP contribution in [0.25, 0.3) is 0 Å². The van der Waals surface area contributed by atoms with Gasteiger partial charge in [0.15, 0.2) is 0 Å². The van der Waals surface area contributed by atoms with Crippen LogP contribution in [0.4, 0.5) is 23.2 Å². The molecule has 0 fully saturated rings. The summed E-state index contributed by atoms with van der Waals surface area (Å²) in [6, 6.07) is 12.4. The molecular weight excluding hydrogens is 372 g/mol. The van der Waals surface area contributed by atoms with Crippen molar-refractivity contribution in [3.05, 3.63) is 95.1 Å². The molecule has 0 spiro atoms. The number of pyridine rings is 1. The Balaban J connectivity index is 2.15. The van der Waals surface area contributed by atoms with Crippen LogP contribution < -0.4 is 4.90 Å². The van der Waals surface area contributed by atoms with Crippen molar-refractivity contribution in [2.75, 3.05) is 4.90 Å². The van der Waals surface area contributed by atoms with E-state index in [1.807, 2.05) is 0 Å². The third-order valence-electron chi connectivity index (χ3n) is 4.23. The molecule has 1 amide bonds. The summed E-state index contributed by atoms with van der Waals surface area (Å²) in [5.41, 5.74) is -0.216. The summed E-state index contributed by atoms with van der Waals surface area (Å²) in [5, 5.41) is 0. The number of hydrogen-bond acceptors (Lipinski definition) is 2. The first-order valence-electron chi connectivity index (χ1n) is 8.40. The minimum absolute atomic E-state index is 0.101. The molecule has 0 N–H and O–H groups in total. The zero-order valence-corrected chi connectivity index (χ0v) is 14.9. The number of carbonyl (C=O) groups excluding carboxylic acids is 1. The van der Waals surface area contributed by atoms with Crippen LogP contribution in [0.5, 0.6) is 0 Å². The molecular formula is C21H16F4N2O. The van der Waals surface area contributed by atoms with Crippen molar-refractivity contribution in [2.45, 2.75) is 19.6 Å². The molecule has 7 heteroatoms. The molecule has 0 atom stereocenters. The number of aryl methyl sites for hydroxylation is 1. The van der Waals surface area contributed by atoms with Crippen LogP contribution in [-0.4, -0.2) is 10.9 Å². The predicted octanol–water partition coefficient (Wildman–Crippen LogP) is 5.39. The molecule has 0 saturated carbocycles. The molecule has 0 aliphatic rings. The number of amides is 1. The van der Waals surface area contributed by atoms with E-state index in [1.165, 1.54) is 18.5 Å². The van der Waals surface area contributed by atoms with Gasteiger partial charge >= 0.3 is 6.18 Å². The molecule has 28 heavy (non-hydrogen) atoms. The third kappa shape index (κ3) is 4.19. The smallest absolute Gasteiger partial charge is 0.303 e. The van der Waals surface area contributed by atoms with E-state index in [9.17, 15) is 22.4 Å². The Morgan fingerprint density at radius 3 is 2.43 bits per heavy atom. The SMILES string of the molecule is Cc1cnccc1C(=O)N(Cc1ccccc1)c1ccc(F)cc1C(F)(F)F. The summed E-state index contributed by atoms with van der Waals surface area (Å²) in [6.45, 7) is 1.55. The average molecular weight is 388 g/mol. The molecule has 3 nitrogen and oxygen atoms in total. The van der Waals surface area contributed by atoms with Crippen molar-refractivity contribution < 1.29 is 22.4 Å². The van der Waals surface area contributed by atoms with E-state index in [0.717, 1.165) is 17.0 Å². The van der Waals surface area contributed by atoms with Gasteiger partial charge in [0.2, 0.25) is 0 Å². The second-order valence-electron chi connectivity index (χ2n) is 6.23. The first kappa shape index (κ1) is 19.5. The van der Waals surface area contributed by atoms with Crippen molar-refractivity contribution in [1.82, 2.24) is 4.98 Å². The van der Waals surface area contributed by atoms with Crippen molar-refractivity contribution in [3.63, 3.8) is 0 Å². The fourth-order valence-corrected chi connectivity index (χ4v) is 2.86. The number of halogens is 4. The first-order chi connectivity index (χ1) is 13.3. The molecule has 1 aromatic heterocycles. The van der Waals surface area contributed by atoms with E-state index in [2.05, 4.69) is 4.98 Å². The van der Waals surface area contributed by atoms with E-state index in [0.29, 0.717) is 17.2 Å². The number of hydrogen-bond donors (Lipinski definition) is 0. The van der Waals surface area contributed by atoms with Crippen LogP contribution in [0.15, 0.2) is 67.0 Å². The lowest BCUT2D eigenvalue weighted by molar-refractivity contribution is -0.137. The van der Waals surface area contributed by atoms with Gasteiger partial charge in [-0.1, -0.05) is 30.3 Å². The van der Waals surface area contributed by atoms with E-state index in [-0.39, 0.29) is 12.1 Å². The third-order valence-corrected chi connectivity index (χ3v) is 4.23. The summed E-state index contributed by atoms with van der Waals surface area (Å²) in [5.74, 6) is -1.65. The Hall–Kier alpha value is -3.22. The van der Waals surface area contributed by atoms with Gasteiger partial charge in [-0.15, -0.1) is 0 Å². The Kier molecular flexibility index (Phi) is 5.44. The molecule has 0 aliphatic heterocycles. The highest BCUT2D eigenvalue weighted by Crippen LogP contribution is 2.38. The number of rotatable bonds is 4. The van der Waals surface area contributed by atoms with Crippen LogP contribution in [-0.2, 0) is 12.7 Å². The van der Waals surface area contributed by atoms with Gasteiger partial charge in [0.25, 0.3) is 5.91 Å². The maximum Gasteiger partial charge on any atom is 0.418 e. The van der Waals surface area contributed by atoms with Crippen LogP contribution in [0.1, 0.15) is 27.0 Å². The van der Waals surface area contributed by atoms with Crippen LogP contribution in [0.3, 0.4) is 0 Å². The lowest BCUT2D eigenvalue weighted by Gasteiger charge is -2.27. The summed E-state index contributed by atoms with van der Waals surface area (Å²) in [7, 11) is 0. The number of carbonyl (C=O) groups is 1. The predicted molar refractivity (Wildman–Crippen MR) is 97.3 cm³/mol. The lowest BCUT2D eigenvalue weighted by Crippen LogP contribution is -2.33. The number of benzene rings is 2. The zero-order valence-electron chi connectivity index (χ0n) is 14.9. The van der Waals surface area contributed by atoms with E-state index in [1.54, 1.807) is 37.3 Å².